The van der Waals surface area contributed by atoms with Gasteiger partial charge in [-0.2, -0.15) is 0 Å². The van der Waals surface area contributed by atoms with E-state index in [1.165, 1.54) is 14.0 Å². The molecule has 16 heteroatoms. The third-order valence-electron chi connectivity index (χ3n) is 4.81. The van der Waals surface area contributed by atoms with E-state index in [0.717, 1.165) is 0 Å². The van der Waals surface area contributed by atoms with Crippen LogP contribution in [0.25, 0.3) is 0 Å². The maximum Gasteiger partial charge on any atom is 0.407 e. The number of carbonyl (C=O) groups excluding carboxylic acids is 2. The number of ether oxygens (including phenoxy) is 5. The molecule has 7 N–H and O–H groups in total. The number of alkyl carbamates (subject to hydrolysis) is 1. The fourth-order valence-electron chi connectivity index (χ4n) is 3.19. The summed E-state index contributed by atoms with van der Waals surface area (Å²) in [5.41, 5.74) is 0. The molecule has 1 saturated heterocycles. The summed E-state index contributed by atoms with van der Waals surface area (Å²) in [6.07, 6.45) is -8.59. The van der Waals surface area contributed by atoms with Crippen molar-refractivity contribution in [1.82, 2.24) is 10.6 Å². The van der Waals surface area contributed by atoms with Crippen LogP contribution in [-0.2, 0) is 33.3 Å². The molecule has 204 valence electrons. The standard InChI is InChI=1S/C19H35N2O13P/c1-10(35)33-19(17(27)28)7-11(23)14(16(34-19)15(26)12(24)9-22)21-13(25)8-20-18(29)32-6-5-31-4-3-30-2/h10-12,14-16,22-24,26H,3-9,35H2,1-2H3,(H,20,29)(H,21,25)(H,27,28)/t10?,11?,12-,14?,15-,16?,19?/m1/s1. The summed E-state index contributed by atoms with van der Waals surface area (Å²) < 4.78 is 25.5. The molecule has 0 aromatic carbocycles. The Morgan fingerprint density at radius 2 is 1.86 bits per heavy atom. The van der Waals surface area contributed by atoms with Crippen molar-refractivity contribution in [1.29, 1.82) is 0 Å². The molecule has 1 aliphatic heterocycles. The monoisotopic (exact) mass is 530 g/mol. The summed E-state index contributed by atoms with van der Waals surface area (Å²) in [4.78, 5) is 36.0. The number of rotatable bonds is 15. The predicted octanol–water partition coefficient (Wildman–Crippen LogP) is -3.26. The van der Waals surface area contributed by atoms with E-state index in [1.54, 1.807) is 0 Å². The van der Waals surface area contributed by atoms with Gasteiger partial charge in [-0.15, -0.1) is 9.24 Å². The SMILES string of the molecule is COCCOCCOC(=O)NCC(=O)NC1C(O)CC(OC(C)P)(C(=O)O)OC1[C@H](O)[C@H](O)CO. The number of amides is 2. The van der Waals surface area contributed by atoms with Crippen LogP contribution >= 0.6 is 9.24 Å². The second-order valence-corrected chi connectivity index (χ2v) is 8.60. The van der Waals surface area contributed by atoms with Crippen molar-refractivity contribution in [2.45, 2.75) is 55.4 Å². The molecule has 0 aliphatic carbocycles. The van der Waals surface area contributed by atoms with E-state index in [9.17, 15) is 39.9 Å². The lowest BCUT2D eigenvalue weighted by Crippen LogP contribution is -2.68. The van der Waals surface area contributed by atoms with Gasteiger partial charge in [-0.1, -0.05) is 0 Å². The highest BCUT2D eigenvalue weighted by atomic mass is 31.0. The van der Waals surface area contributed by atoms with Crippen molar-refractivity contribution in [2.24, 2.45) is 0 Å². The highest BCUT2D eigenvalue weighted by molar-refractivity contribution is 7.17. The number of nitrogens with one attached hydrogen (secondary N) is 2. The molecule has 0 saturated carbocycles. The zero-order chi connectivity index (χ0) is 26.6. The maximum absolute atomic E-state index is 12.4. The lowest BCUT2D eigenvalue weighted by Gasteiger charge is -2.47. The highest BCUT2D eigenvalue weighted by Crippen LogP contribution is 2.35. The minimum atomic E-state index is -2.41. The van der Waals surface area contributed by atoms with Crippen LogP contribution in [0.4, 0.5) is 4.79 Å². The molecular weight excluding hydrogens is 495 g/mol. The van der Waals surface area contributed by atoms with E-state index in [-0.39, 0.29) is 13.2 Å². The molecule has 0 bridgehead atoms. The van der Waals surface area contributed by atoms with Gasteiger partial charge >= 0.3 is 12.1 Å². The highest BCUT2D eigenvalue weighted by Gasteiger charge is 2.56. The van der Waals surface area contributed by atoms with Gasteiger partial charge < -0.3 is 59.9 Å². The number of aliphatic hydroxyl groups is 4. The Hall–Kier alpha value is -1.68. The van der Waals surface area contributed by atoms with Gasteiger partial charge in [0.1, 0.15) is 31.5 Å². The van der Waals surface area contributed by atoms with Gasteiger partial charge in [0.25, 0.3) is 5.79 Å². The van der Waals surface area contributed by atoms with Crippen LogP contribution in [0.15, 0.2) is 0 Å². The number of aliphatic hydroxyl groups excluding tert-OH is 4. The van der Waals surface area contributed by atoms with Crippen molar-refractivity contribution < 1.29 is 63.6 Å². The van der Waals surface area contributed by atoms with Gasteiger partial charge in [-0.25, -0.2) is 9.59 Å². The van der Waals surface area contributed by atoms with E-state index in [4.69, 9.17) is 23.7 Å². The molecule has 1 rings (SSSR count). The Morgan fingerprint density at radius 3 is 2.43 bits per heavy atom. The van der Waals surface area contributed by atoms with Gasteiger partial charge in [0, 0.05) is 13.5 Å². The van der Waals surface area contributed by atoms with Crippen LogP contribution in [0.5, 0.6) is 0 Å². The van der Waals surface area contributed by atoms with E-state index < -0.39 is 79.6 Å². The fourth-order valence-corrected chi connectivity index (χ4v) is 3.41. The van der Waals surface area contributed by atoms with E-state index in [0.29, 0.717) is 13.2 Å². The number of aliphatic carboxylic acids is 1. The Labute approximate surface area is 204 Å². The fraction of sp³-hybridized carbons (Fsp3) is 0.842. The molecule has 0 aromatic heterocycles. The first kappa shape index (κ1) is 31.4. The number of hydrogen-bond donors (Lipinski definition) is 7. The molecular formula is C19H35N2O13P. The van der Waals surface area contributed by atoms with Crippen molar-refractivity contribution in [3.63, 3.8) is 0 Å². The van der Waals surface area contributed by atoms with Crippen molar-refractivity contribution in [3.05, 3.63) is 0 Å². The van der Waals surface area contributed by atoms with Gasteiger partial charge in [-0.3, -0.25) is 4.79 Å². The second kappa shape index (κ2) is 15.4. The van der Waals surface area contributed by atoms with Crippen LogP contribution in [0.2, 0.25) is 0 Å². The first-order chi connectivity index (χ1) is 16.5. The van der Waals surface area contributed by atoms with Gasteiger partial charge in [-0.05, 0) is 6.92 Å². The zero-order valence-corrected chi connectivity index (χ0v) is 20.6. The molecule has 2 amide bonds. The Kier molecular flexibility index (Phi) is 13.8. The number of hydrogen-bond acceptors (Lipinski definition) is 12. The third-order valence-corrected chi connectivity index (χ3v) is 4.94. The summed E-state index contributed by atoms with van der Waals surface area (Å²) in [6, 6.07) is -1.43. The van der Waals surface area contributed by atoms with Crippen LogP contribution in [0, 0.1) is 0 Å². The summed E-state index contributed by atoms with van der Waals surface area (Å²) in [5.74, 6) is -5.60. The maximum atomic E-state index is 12.4. The lowest BCUT2D eigenvalue weighted by molar-refractivity contribution is -0.313. The predicted molar refractivity (Wildman–Crippen MR) is 119 cm³/mol. The molecule has 6 unspecified atom stereocenters. The Balaban J connectivity index is 2.79. The summed E-state index contributed by atoms with van der Waals surface area (Å²) >= 11 is 0. The average molecular weight is 530 g/mol. The van der Waals surface area contributed by atoms with Crippen molar-refractivity contribution >= 4 is 27.2 Å². The molecule has 15 nitrogen and oxygen atoms in total. The molecule has 1 heterocycles. The summed E-state index contributed by atoms with van der Waals surface area (Å²) in [5, 5.41) is 54.3. The Morgan fingerprint density at radius 1 is 1.20 bits per heavy atom. The Bertz CT molecular complexity index is 685. The van der Waals surface area contributed by atoms with E-state index in [1.807, 2.05) is 0 Å². The lowest BCUT2D eigenvalue weighted by atomic mass is 9.88. The minimum Gasteiger partial charge on any atom is -0.477 e. The molecule has 35 heavy (non-hydrogen) atoms. The van der Waals surface area contributed by atoms with Gasteiger partial charge in [0.05, 0.1) is 44.4 Å². The van der Waals surface area contributed by atoms with Crippen LogP contribution < -0.4 is 10.6 Å². The van der Waals surface area contributed by atoms with Crippen LogP contribution in [0.3, 0.4) is 0 Å². The van der Waals surface area contributed by atoms with Crippen LogP contribution in [0.1, 0.15) is 13.3 Å². The molecule has 1 fully saturated rings. The average Bonchev–Trinajstić information content (AvgIpc) is 2.79. The largest absolute Gasteiger partial charge is 0.477 e. The number of carboxylic acids is 1. The summed E-state index contributed by atoms with van der Waals surface area (Å²) in [7, 11) is 3.70. The summed E-state index contributed by atoms with van der Waals surface area (Å²) in [6.45, 7) is 0.711. The van der Waals surface area contributed by atoms with Crippen molar-refractivity contribution in [2.75, 3.05) is 46.7 Å². The first-order valence-corrected chi connectivity index (χ1v) is 11.4. The molecule has 0 aromatic rings. The zero-order valence-electron chi connectivity index (χ0n) is 19.5. The first-order valence-electron chi connectivity index (χ1n) is 10.7. The topological polar surface area (TPSA) is 223 Å². The molecule has 8 atom stereocenters. The number of methoxy groups -OCH3 is 1. The second-order valence-electron chi connectivity index (χ2n) is 7.66. The minimum absolute atomic E-state index is 0.0783. The molecule has 1 aliphatic rings. The smallest absolute Gasteiger partial charge is 0.407 e. The van der Waals surface area contributed by atoms with Crippen LogP contribution in [-0.4, -0.2) is 132 Å². The number of carboxylic acid groups (broad SMARTS) is 1. The van der Waals surface area contributed by atoms with E-state index >= 15 is 0 Å². The molecule has 0 radical (unpaired) electrons. The third kappa shape index (κ3) is 10.1. The van der Waals surface area contributed by atoms with Gasteiger partial charge in [0.15, 0.2) is 0 Å². The quantitative estimate of drug-likeness (QED) is 0.0817. The normalized spacial score (nSPS) is 26.9. The van der Waals surface area contributed by atoms with Gasteiger partial charge in [0.2, 0.25) is 5.91 Å². The molecule has 0 spiro atoms. The van der Waals surface area contributed by atoms with Crippen molar-refractivity contribution in [3.8, 4) is 0 Å². The van der Waals surface area contributed by atoms with E-state index in [2.05, 4.69) is 19.9 Å². The number of carbonyl (C=O) groups is 3.